The molecule has 0 atom stereocenters. The van der Waals surface area contributed by atoms with Gasteiger partial charge in [0.2, 0.25) is 5.95 Å². The van der Waals surface area contributed by atoms with Crippen molar-refractivity contribution in [3.63, 3.8) is 0 Å². The second-order valence-corrected chi connectivity index (χ2v) is 5.16. The molecule has 0 unspecified atom stereocenters. The molecular weight excluding hydrogens is 278 g/mol. The number of nitrogens with zero attached hydrogens (tertiary/aromatic N) is 3. The van der Waals surface area contributed by atoms with Crippen LogP contribution in [0.2, 0.25) is 0 Å². The number of ether oxygens (including phenoxy) is 1. The molecule has 22 heavy (non-hydrogen) atoms. The smallest absolute Gasteiger partial charge is 0.226 e. The number of methoxy groups -OCH3 is 1. The number of nitrogen functional groups attached to an aromatic ring is 1. The van der Waals surface area contributed by atoms with Crippen LogP contribution in [0.1, 0.15) is 32.4 Å². The lowest BCUT2D eigenvalue weighted by molar-refractivity contribution is 0.280. The Labute approximate surface area is 131 Å². The minimum atomic E-state index is -0.0423. The van der Waals surface area contributed by atoms with Gasteiger partial charge < -0.3 is 15.4 Å². The summed E-state index contributed by atoms with van der Waals surface area (Å²) in [5.74, 6) is 1.54. The third-order valence-electron chi connectivity index (χ3n) is 3.77. The van der Waals surface area contributed by atoms with E-state index in [2.05, 4.69) is 34.8 Å². The van der Waals surface area contributed by atoms with E-state index in [9.17, 15) is 0 Å². The Morgan fingerprint density at radius 3 is 2.82 bits per heavy atom. The van der Waals surface area contributed by atoms with Crippen molar-refractivity contribution < 1.29 is 4.74 Å². The highest BCUT2D eigenvalue weighted by Gasteiger charge is 2.22. The number of anilines is 1. The van der Waals surface area contributed by atoms with Gasteiger partial charge in [0.1, 0.15) is 11.5 Å². The summed E-state index contributed by atoms with van der Waals surface area (Å²) in [6.07, 6.45) is 5.61. The standard InChI is InChI=1S/C16H23N5O/c1-4-11-9-21(10-12(11)8-13(5-2)22-3)16-19-7-6-14(20-16)15(17)18/h6-8H,4-5,9-10H2,1-3H3,(H3,17,18)/b13-8+. The van der Waals surface area contributed by atoms with Gasteiger partial charge >= 0.3 is 0 Å². The molecule has 0 saturated heterocycles. The first kappa shape index (κ1) is 16.0. The molecule has 0 bridgehead atoms. The molecular formula is C16H23N5O. The van der Waals surface area contributed by atoms with E-state index in [0.717, 1.165) is 31.7 Å². The van der Waals surface area contributed by atoms with Gasteiger partial charge in [-0.05, 0) is 29.7 Å². The van der Waals surface area contributed by atoms with Crippen LogP contribution >= 0.6 is 0 Å². The molecule has 0 amide bonds. The summed E-state index contributed by atoms with van der Waals surface area (Å²) in [7, 11) is 1.70. The Hall–Kier alpha value is -2.37. The molecule has 1 aliphatic heterocycles. The monoisotopic (exact) mass is 301 g/mol. The van der Waals surface area contributed by atoms with E-state index < -0.39 is 0 Å². The van der Waals surface area contributed by atoms with Gasteiger partial charge in [0.25, 0.3) is 0 Å². The average molecular weight is 301 g/mol. The molecule has 2 heterocycles. The summed E-state index contributed by atoms with van der Waals surface area (Å²) in [4.78, 5) is 10.8. The maximum Gasteiger partial charge on any atom is 0.226 e. The Kier molecular flexibility index (Phi) is 5.14. The average Bonchev–Trinajstić information content (AvgIpc) is 2.95. The van der Waals surface area contributed by atoms with Crippen LogP contribution in [0.5, 0.6) is 0 Å². The van der Waals surface area contributed by atoms with Crippen LogP contribution < -0.4 is 10.6 Å². The second kappa shape index (κ2) is 7.06. The van der Waals surface area contributed by atoms with E-state index >= 15 is 0 Å². The summed E-state index contributed by atoms with van der Waals surface area (Å²) < 4.78 is 5.38. The lowest BCUT2D eigenvalue weighted by Gasteiger charge is -2.16. The molecule has 1 aromatic rings. The first-order valence-electron chi connectivity index (χ1n) is 7.46. The number of allylic oxidation sites excluding steroid dienone is 1. The van der Waals surface area contributed by atoms with Crippen molar-refractivity contribution in [1.29, 1.82) is 5.41 Å². The highest BCUT2D eigenvalue weighted by atomic mass is 16.5. The Balaban J connectivity index is 2.23. The van der Waals surface area contributed by atoms with Gasteiger partial charge in [-0.1, -0.05) is 13.8 Å². The molecule has 6 nitrogen and oxygen atoms in total. The molecule has 0 spiro atoms. The van der Waals surface area contributed by atoms with E-state index in [1.165, 1.54) is 11.1 Å². The molecule has 2 rings (SSSR count). The number of amidine groups is 1. The maximum atomic E-state index is 7.49. The van der Waals surface area contributed by atoms with Crippen LogP contribution in [0.4, 0.5) is 5.95 Å². The van der Waals surface area contributed by atoms with Crippen molar-refractivity contribution in [2.75, 3.05) is 25.1 Å². The molecule has 0 fully saturated rings. The summed E-state index contributed by atoms with van der Waals surface area (Å²) >= 11 is 0. The molecule has 0 radical (unpaired) electrons. The maximum absolute atomic E-state index is 7.49. The van der Waals surface area contributed by atoms with Crippen molar-refractivity contribution >= 4 is 11.8 Å². The fourth-order valence-electron chi connectivity index (χ4n) is 2.48. The quantitative estimate of drug-likeness (QED) is 0.478. The van der Waals surface area contributed by atoms with Gasteiger partial charge in [-0.2, -0.15) is 0 Å². The van der Waals surface area contributed by atoms with Gasteiger partial charge in [-0.3, -0.25) is 5.41 Å². The van der Waals surface area contributed by atoms with Crippen LogP contribution in [-0.4, -0.2) is 36.0 Å². The fraction of sp³-hybridized carbons (Fsp3) is 0.438. The number of nitrogens with one attached hydrogen (secondary N) is 1. The van der Waals surface area contributed by atoms with E-state index in [1.54, 1.807) is 19.4 Å². The van der Waals surface area contributed by atoms with E-state index in [4.69, 9.17) is 15.9 Å². The number of nitrogens with two attached hydrogens (primary N) is 1. The van der Waals surface area contributed by atoms with E-state index in [1.807, 2.05) is 0 Å². The zero-order chi connectivity index (χ0) is 16.1. The summed E-state index contributed by atoms with van der Waals surface area (Å²) in [5, 5.41) is 7.49. The van der Waals surface area contributed by atoms with Crippen LogP contribution in [0, 0.1) is 5.41 Å². The zero-order valence-electron chi connectivity index (χ0n) is 13.4. The minimum Gasteiger partial charge on any atom is -0.501 e. The molecule has 0 aromatic carbocycles. The zero-order valence-corrected chi connectivity index (χ0v) is 13.4. The molecule has 1 aliphatic rings. The van der Waals surface area contributed by atoms with Gasteiger partial charge in [0.05, 0.1) is 12.9 Å². The summed E-state index contributed by atoms with van der Waals surface area (Å²) in [6, 6.07) is 1.65. The lowest BCUT2D eigenvalue weighted by Crippen LogP contribution is -2.24. The van der Waals surface area contributed by atoms with Crippen molar-refractivity contribution in [3.8, 4) is 0 Å². The lowest BCUT2D eigenvalue weighted by atomic mass is 10.1. The topological polar surface area (TPSA) is 88.1 Å². The van der Waals surface area contributed by atoms with E-state index in [0.29, 0.717) is 11.6 Å². The molecule has 0 saturated carbocycles. The fourth-order valence-corrected chi connectivity index (χ4v) is 2.48. The largest absolute Gasteiger partial charge is 0.501 e. The first-order valence-corrected chi connectivity index (χ1v) is 7.46. The predicted octanol–water partition coefficient (Wildman–Crippen LogP) is 2.23. The van der Waals surface area contributed by atoms with Crippen molar-refractivity contribution in [2.45, 2.75) is 26.7 Å². The Morgan fingerprint density at radius 1 is 1.45 bits per heavy atom. The van der Waals surface area contributed by atoms with Gasteiger partial charge in [-0.25, -0.2) is 9.97 Å². The van der Waals surface area contributed by atoms with Gasteiger partial charge in [-0.15, -0.1) is 0 Å². The number of hydrogen-bond donors (Lipinski definition) is 2. The summed E-state index contributed by atoms with van der Waals surface area (Å²) in [6.45, 7) is 5.77. The van der Waals surface area contributed by atoms with Gasteiger partial charge in [0.15, 0.2) is 0 Å². The van der Waals surface area contributed by atoms with Crippen LogP contribution in [-0.2, 0) is 4.74 Å². The van der Waals surface area contributed by atoms with Crippen molar-refractivity contribution in [3.05, 3.63) is 40.9 Å². The third kappa shape index (κ3) is 3.44. The number of aromatic nitrogens is 2. The highest BCUT2D eigenvalue weighted by Crippen LogP contribution is 2.25. The Morgan fingerprint density at radius 2 is 2.23 bits per heavy atom. The van der Waals surface area contributed by atoms with Crippen molar-refractivity contribution in [2.24, 2.45) is 5.73 Å². The minimum absolute atomic E-state index is 0.0423. The SMILES string of the molecule is CCC1=C(/C=C(\CC)OC)CN(c2nccc(C(=N)N)n2)C1. The van der Waals surface area contributed by atoms with Gasteiger partial charge in [0, 0.05) is 25.7 Å². The molecule has 118 valence electrons. The van der Waals surface area contributed by atoms with Crippen LogP contribution in [0.15, 0.2) is 35.2 Å². The number of hydrogen-bond acceptors (Lipinski definition) is 5. The van der Waals surface area contributed by atoms with Crippen molar-refractivity contribution in [1.82, 2.24) is 9.97 Å². The van der Waals surface area contributed by atoms with E-state index in [-0.39, 0.29) is 5.84 Å². The second-order valence-electron chi connectivity index (χ2n) is 5.16. The highest BCUT2D eigenvalue weighted by molar-refractivity contribution is 5.93. The summed E-state index contributed by atoms with van der Waals surface area (Å²) in [5.41, 5.74) is 8.58. The molecule has 0 aliphatic carbocycles. The van der Waals surface area contributed by atoms with Crippen LogP contribution in [0.3, 0.4) is 0 Å². The molecule has 3 N–H and O–H groups in total. The first-order chi connectivity index (χ1) is 10.6. The number of rotatable bonds is 6. The van der Waals surface area contributed by atoms with Crippen LogP contribution in [0.25, 0.3) is 0 Å². The molecule has 6 heteroatoms. The Bertz CT molecular complexity index is 615. The molecule has 1 aromatic heterocycles. The predicted molar refractivity (Wildman–Crippen MR) is 88.0 cm³/mol. The normalized spacial score (nSPS) is 15.4. The third-order valence-corrected chi connectivity index (χ3v) is 3.77.